The van der Waals surface area contributed by atoms with Gasteiger partial charge in [0.15, 0.2) is 0 Å². The van der Waals surface area contributed by atoms with Crippen LogP contribution in [0.25, 0.3) is 0 Å². The molecule has 38 heavy (non-hydrogen) atoms. The maximum Gasteiger partial charge on any atom is 0.300 e. The minimum atomic E-state index is -0.872. The number of carbonyl (C=O) groups is 2. The van der Waals surface area contributed by atoms with Gasteiger partial charge in [-0.05, 0) is 42.8 Å². The Hall–Kier alpha value is -5.51. The lowest BCUT2D eigenvalue weighted by atomic mass is 10.1. The standard InChI is InChI=1S/C18H19N3O2.C7H4N4O4/c1-12-11-13(7-8-16(12)19)20(2)9-10-21-17(22)14-5-3-4-6-15(14)18(21)23;8-3-4-1-5(10(12)13)2-6(7(4)9)11(14)15/h3-8,11H,9-10,19H2,1-2H3;1-2H,9H2. The first-order valence-electron chi connectivity index (χ1n) is 11.1. The highest BCUT2D eigenvalue weighted by atomic mass is 16.6. The number of non-ortho nitro benzene ring substituents is 1. The van der Waals surface area contributed by atoms with Crippen molar-refractivity contribution in [3.63, 3.8) is 0 Å². The summed E-state index contributed by atoms with van der Waals surface area (Å²) in [7, 11) is 1.93. The van der Waals surface area contributed by atoms with Crippen molar-refractivity contribution in [2.45, 2.75) is 6.92 Å². The summed E-state index contributed by atoms with van der Waals surface area (Å²) in [6.45, 7) is 2.87. The normalized spacial score (nSPS) is 11.8. The molecule has 0 atom stereocenters. The molecule has 0 saturated heterocycles. The summed E-state index contributed by atoms with van der Waals surface area (Å²) in [5.41, 5.74) is 13.0. The molecule has 1 heterocycles. The molecule has 4 N–H and O–H groups in total. The first-order valence-corrected chi connectivity index (χ1v) is 11.1. The van der Waals surface area contributed by atoms with E-state index < -0.39 is 21.2 Å². The highest BCUT2D eigenvalue weighted by molar-refractivity contribution is 6.21. The Kier molecular flexibility index (Phi) is 7.87. The molecule has 0 unspecified atom stereocenters. The van der Waals surface area contributed by atoms with Gasteiger partial charge in [0.1, 0.15) is 11.8 Å². The van der Waals surface area contributed by atoms with Crippen LogP contribution in [0.1, 0.15) is 31.8 Å². The van der Waals surface area contributed by atoms with Gasteiger partial charge in [0.25, 0.3) is 23.2 Å². The summed E-state index contributed by atoms with van der Waals surface area (Å²) < 4.78 is 0. The smallest absolute Gasteiger partial charge is 0.300 e. The van der Waals surface area contributed by atoms with E-state index >= 15 is 0 Å². The van der Waals surface area contributed by atoms with E-state index in [0.717, 1.165) is 29.1 Å². The van der Waals surface area contributed by atoms with Gasteiger partial charge in [-0.1, -0.05) is 12.1 Å². The molecule has 1 aliphatic heterocycles. The third kappa shape index (κ3) is 5.49. The third-order valence-corrected chi connectivity index (χ3v) is 5.90. The average Bonchev–Trinajstić information content (AvgIpc) is 3.13. The summed E-state index contributed by atoms with van der Waals surface area (Å²) in [6, 6.07) is 15.9. The first kappa shape index (κ1) is 27.1. The molecule has 0 aromatic heterocycles. The fraction of sp³-hybridized carbons (Fsp3) is 0.160. The second-order valence-corrected chi connectivity index (χ2v) is 8.32. The number of nitrogen functional groups attached to an aromatic ring is 2. The number of nitriles is 1. The molecule has 1 aliphatic rings. The molecule has 3 aromatic carbocycles. The summed E-state index contributed by atoms with van der Waals surface area (Å²) in [5.74, 6) is -0.431. The van der Waals surface area contributed by atoms with E-state index in [4.69, 9.17) is 16.7 Å². The van der Waals surface area contributed by atoms with Gasteiger partial charge in [-0.25, -0.2) is 0 Å². The van der Waals surface area contributed by atoms with Crippen LogP contribution in [0.3, 0.4) is 0 Å². The Morgan fingerprint density at radius 2 is 1.58 bits per heavy atom. The molecular formula is C25H23N7O6. The highest BCUT2D eigenvalue weighted by Crippen LogP contribution is 2.30. The second kappa shape index (κ2) is 11.0. The number of likely N-dealkylation sites (N-methyl/N-ethyl adjacent to an activating group) is 1. The van der Waals surface area contributed by atoms with E-state index in [2.05, 4.69) is 0 Å². The van der Waals surface area contributed by atoms with Crippen molar-refractivity contribution >= 4 is 40.3 Å². The van der Waals surface area contributed by atoms with Crippen molar-refractivity contribution in [2.75, 3.05) is 36.5 Å². The largest absolute Gasteiger partial charge is 0.399 e. The zero-order valence-corrected chi connectivity index (χ0v) is 20.5. The molecular weight excluding hydrogens is 494 g/mol. The van der Waals surface area contributed by atoms with Crippen LogP contribution in [0, 0.1) is 38.5 Å². The van der Waals surface area contributed by atoms with E-state index in [0.29, 0.717) is 24.2 Å². The summed E-state index contributed by atoms with van der Waals surface area (Å²) in [5, 5.41) is 29.4. The Morgan fingerprint density at radius 3 is 2.08 bits per heavy atom. The van der Waals surface area contributed by atoms with Crippen LogP contribution in [0.5, 0.6) is 0 Å². The lowest BCUT2D eigenvalue weighted by Crippen LogP contribution is -2.37. The fourth-order valence-electron chi connectivity index (χ4n) is 3.69. The van der Waals surface area contributed by atoms with Crippen LogP contribution < -0.4 is 16.4 Å². The van der Waals surface area contributed by atoms with Crippen LogP contribution in [-0.4, -0.2) is 46.7 Å². The van der Waals surface area contributed by atoms with Crippen molar-refractivity contribution < 1.29 is 19.4 Å². The molecule has 3 aromatic rings. The van der Waals surface area contributed by atoms with E-state index in [1.165, 1.54) is 4.90 Å². The molecule has 0 spiro atoms. The Balaban J connectivity index is 0.000000232. The highest BCUT2D eigenvalue weighted by Gasteiger charge is 2.34. The number of nitrogens with zero attached hydrogens (tertiary/aromatic N) is 5. The number of aryl methyl sites for hydroxylation is 1. The number of carbonyl (C=O) groups excluding carboxylic acids is 2. The zero-order chi connectivity index (χ0) is 28.1. The number of anilines is 3. The maximum absolute atomic E-state index is 12.3. The van der Waals surface area contributed by atoms with Crippen LogP contribution in [0.2, 0.25) is 0 Å². The molecule has 0 aliphatic carbocycles. The molecule has 0 fully saturated rings. The van der Waals surface area contributed by atoms with E-state index in [9.17, 15) is 29.8 Å². The molecule has 194 valence electrons. The summed E-state index contributed by atoms with van der Waals surface area (Å²) >= 11 is 0. The monoisotopic (exact) mass is 517 g/mol. The molecule has 0 radical (unpaired) electrons. The van der Waals surface area contributed by atoms with Crippen LogP contribution in [0.4, 0.5) is 28.4 Å². The van der Waals surface area contributed by atoms with Crippen molar-refractivity contribution in [2.24, 2.45) is 0 Å². The third-order valence-electron chi connectivity index (χ3n) is 5.90. The Bertz CT molecular complexity index is 1460. The second-order valence-electron chi connectivity index (χ2n) is 8.32. The number of rotatable bonds is 6. The van der Waals surface area contributed by atoms with Crippen molar-refractivity contribution in [1.29, 1.82) is 5.26 Å². The van der Waals surface area contributed by atoms with Crippen LogP contribution in [0.15, 0.2) is 54.6 Å². The zero-order valence-electron chi connectivity index (χ0n) is 20.5. The number of nitro benzene ring substituents is 2. The number of hydrogen-bond donors (Lipinski definition) is 2. The van der Waals surface area contributed by atoms with Crippen molar-refractivity contribution in [3.8, 4) is 6.07 Å². The SMILES string of the molecule is Cc1cc(N(C)CCN2C(=O)c3ccccc3C2=O)ccc1N.N#Cc1cc([N+](=O)[O-])cc([N+](=O)[O-])c1N. The van der Waals surface area contributed by atoms with Gasteiger partial charge >= 0.3 is 0 Å². The number of imide groups is 1. The Morgan fingerprint density at radius 1 is 0.974 bits per heavy atom. The molecule has 2 amide bonds. The summed E-state index contributed by atoms with van der Waals surface area (Å²) in [6.07, 6.45) is 0. The number of hydrogen-bond acceptors (Lipinski definition) is 10. The molecule has 13 nitrogen and oxygen atoms in total. The van der Waals surface area contributed by atoms with Gasteiger partial charge in [0.2, 0.25) is 0 Å². The van der Waals surface area contributed by atoms with Crippen molar-refractivity contribution in [1.82, 2.24) is 4.90 Å². The van der Waals surface area contributed by atoms with Crippen LogP contribution in [-0.2, 0) is 0 Å². The van der Waals surface area contributed by atoms with Crippen LogP contribution >= 0.6 is 0 Å². The fourth-order valence-corrected chi connectivity index (χ4v) is 3.69. The molecule has 0 bridgehead atoms. The summed E-state index contributed by atoms with van der Waals surface area (Å²) in [4.78, 5) is 47.1. The van der Waals surface area contributed by atoms with Gasteiger partial charge in [-0.3, -0.25) is 34.7 Å². The predicted molar refractivity (Wildman–Crippen MR) is 140 cm³/mol. The number of benzene rings is 3. The average molecular weight is 518 g/mol. The minimum absolute atomic E-state index is 0.215. The minimum Gasteiger partial charge on any atom is -0.399 e. The number of nitro groups is 2. The van der Waals surface area contributed by atoms with Gasteiger partial charge in [0.05, 0.1) is 32.6 Å². The lowest BCUT2D eigenvalue weighted by molar-refractivity contribution is -0.393. The van der Waals surface area contributed by atoms with Gasteiger partial charge < -0.3 is 16.4 Å². The predicted octanol–water partition coefficient (Wildman–Crippen LogP) is 3.27. The lowest BCUT2D eigenvalue weighted by Gasteiger charge is -2.23. The Labute approximate surface area is 216 Å². The number of nitrogens with two attached hydrogens (primary N) is 2. The van der Waals surface area contributed by atoms with Gasteiger partial charge in [-0.2, -0.15) is 5.26 Å². The topological polar surface area (TPSA) is 203 Å². The van der Waals surface area contributed by atoms with Gasteiger partial charge in [-0.15, -0.1) is 0 Å². The van der Waals surface area contributed by atoms with E-state index in [-0.39, 0.29) is 23.1 Å². The van der Waals surface area contributed by atoms with Crippen molar-refractivity contribution in [3.05, 3.63) is 97.1 Å². The molecule has 0 saturated carbocycles. The quantitative estimate of drug-likeness (QED) is 0.211. The number of amides is 2. The number of fused-ring (bicyclic) bond motifs is 1. The molecule has 4 rings (SSSR count). The maximum atomic E-state index is 12.3. The van der Waals surface area contributed by atoms with Gasteiger partial charge in [0, 0.05) is 37.6 Å². The molecule has 13 heteroatoms. The first-order chi connectivity index (χ1) is 18.0. The van der Waals surface area contributed by atoms with E-state index in [1.54, 1.807) is 30.3 Å². The van der Waals surface area contributed by atoms with E-state index in [1.807, 2.05) is 37.1 Å².